The van der Waals surface area contributed by atoms with E-state index >= 15 is 0 Å². The lowest BCUT2D eigenvalue weighted by Gasteiger charge is -2.14. The maximum absolute atomic E-state index is 9.18. The quantitative estimate of drug-likeness (QED) is 0.689. The molecule has 1 aromatic carbocycles. The van der Waals surface area contributed by atoms with Gasteiger partial charge < -0.3 is 24.4 Å². The van der Waals surface area contributed by atoms with E-state index in [1.807, 2.05) is 0 Å². The summed E-state index contributed by atoms with van der Waals surface area (Å²) in [7, 11) is 3.12. The Hall–Kier alpha value is -1.30. The topological polar surface area (TPSA) is 68.2 Å². The van der Waals surface area contributed by atoms with Crippen molar-refractivity contribution in [2.45, 2.75) is 13.2 Å². The van der Waals surface area contributed by atoms with E-state index in [4.69, 9.17) is 19.3 Å². The summed E-state index contributed by atoms with van der Waals surface area (Å²) in [4.78, 5) is 0. The fourth-order valence-electron chi connectivity index (χ4n) is 1.45. The number of methoxy groups -OCH3 is 2. The van der Waals surface area contributed by atoms with Gasteiger partial charge in [0.25, 0.3) is 0 Å². The SMILES string of the molecule is COCCOc1cc(CO)c(CO)cc1OC. The van der Waals surface area contributed by atoms with Crippen molar-refractivity contribution in [1.82, 2.24) is 0 Å². The number of aliphatic hydroxyl groups excluding tert-OH is 2. The van der Waals surface area contributed by atoms with E-state index in [0.29, 0.717) is 35.8 Å². The van der Waals surface area contributed by atoms with E-state index in [9.17, 15) is 5.11 Å². The van der Waals surface area contributed by atoms with Crippen LogP contribution in [0.15, 0.2) is 12.1 Å². The summed E-state index contributed by atoms with van der Waals surface area (Å²) in [6.45, 7) is 0.570. The average molecular weight is 242 g/mol. The smallest absolute Gasteiger partial charge is 0.161 e. The molecule has 0 aliphatic heterocycles. The highest BCUT2D eigenvalue weighted by atomic mass is 16.5. The molecule has 17 heavy (non-hydrogen) atoms. The summed E-state index contributed by atoms with van der Waals surface area (Å²) >= 11 is 0. The second-order valence-electron chi connectivity index (χ2n) is 3.43. The molecular formula is C12H18O5. The zero-order valence-corrected chi connectivity index (χ0v) is 10.1. The van der Waals surface area contributed by atoms with Crippen molar-refractivity contribution in [2.75, 3.05) is 27.4 Å². The van der Waals surface area contributed by atoms with E-state index in [0.717, 1.165) is 0 Å². The second kappa shape index (κ2) is 7.11. The second-order valence-corrected chi connectivity index (χ2v) is 3.43. The lowest BCUT2D eigenvalue weighted by molar-refractivity contribution is 0.144. The van der Waals surface area contributed by atoms with Gasteiger partial charge in [-0.05, 0) is 23.3 Å². The predicted octanol–water partition coefficient (Wildman–Crippen LogP) is 0.705. The van der Waals surface area contributed by atoms with Crippen LogP contribution in [0, 0.1) is 0 Å². The molecule has 0 bridgehead atoms. The van der Waals surface area contributed by atoms with Crippen LogP contribution in [0.2, 0.25) is 0 Å². The van der Waals surface area contributed by atoms with Crippen LogP contribution in [0.5, 0.6) is 11.5 Å². The first-order chi connectivity index (χ1) is 8.26. The number of rotatable bonds is 7. The Morgan fingerprint density at radius 2 is 1.53 bits per heavy atom. The maximum Gasteiger partial charge on any atom is 0.161 e. The third-order valence-electron chi connectivity index (χ3n) is 2.37. The maximum atomic E-state index is 9.18. The van der Waals surface area contributed by atoms with E-state index in [2.05, 4.69) is 0 Å². The average Bonchev–Trinajstić information content (AvgIpc) is 2.38. The standard InChI is InChI=1S/C12H18O5/c1-15-3-4-17-12-6-10(8-14)9(7-13)5-11(12)16-2/h5-6,13-14H,3-4,7-8H2,1-2H3. The number of aliphatic hydroxyl groups is 2. The highest BCUT2D eigenvalue weighted by Crippen LogP contribution is 2.31. The Kier molecular flexibility index (Phi) is 5.76. The summed E-state index contributed by atoms with van der Waals surface area (Å²) in [5.41, 5.74) is 1.25. The lowest BCUT2D eigenvalue weighted by atomic mass is 10.1. The monoisotopic (exact) mass is 242 g/mol. The van der Waals surface area contributed by atoms with Crippen LogP contribution in [0.1, 0.15) is 11.1 Å². The molecule has 0 amide bonds. The molecule has 0 fully saturated rings. The van der Waals surface area contributed by atoms with Crippen molar-refractivity contribution in [2.24, 2.45) is 0 Å². The zero-order valence-electron chi connectivity index (χ0n) is 10.1. The fraction of sp³-hybridized carbons (Fsp3) is 0.500. The minimum atomic E-state index is -0.152. The van der Waals surface area contributed by atoms with Crippen LogP contribution in [0.4, 0.5) is 0 Å². The molecule has 2 N–H and O–H groups in total. The van der Waals surface area contributed by atoms with Gasteiger partial charge in [-0.3, -0.25) is 0 Å². The summed E-state index contributed by atoms with van der Waals surface area (Å²) in [5.74, 6) is 1.06. The van der Waals surface area contributed by atoms with Gasteiger partial charge in [0, 0.05) is 7.11 Å². The Morgan fingerprint density at radius 1 is 0.941 bits per heavy atom. The number of benzene rings is 1. The Bertz CT molecular complexity index is 351. The van der Waals surface area contributed by atoms with Crippen LogP contribution in [-0.4, -0.2) is 37.6 Å². The Labute approximate surface area is 101 Å². The van der Waals surface area contributed by atoms with E-state index in [1.165, 1.54) is 7.11 Å². The van der Waals surface area contributed by atoms with Gasteiger partial charge in [-0.25, -0.2) is 0 Å². The molecule has 5 nitrogen and oxygen atoms in total. The molecule has 0 saturated carbocycles. The molecular weight excluding hydrogens is 224 g/mol. The minimum absolute atomic E-state index is 0.148. The van der Waals surface area contributed by atoms with Crippen LogP contribution in [0.3, 0.4) is 0 Å². The van der Waals surface area contributed by atoms with Crippen LogP contribution in [-0.2, 0) is 18.0 Å². The highest BCUT2D eigenvalue weighted by Gasteiger charge is 2.10. The number of hydrogen-bond acceptors (Lipinski definition) is 5. The van der Waals surface area contributed by atoms with Gasteiger partial charge in [0.15, 0.2) is 11.5 Å². The van der Waals surface area contributed by atoms with Crippen molar-refractivity contribution in [3.05, 3.63) is 23.3 Å². The van der Waals surface area contributed by atoms with Crippen LogP contribution >= 0.6 is 0 Å². The molecule has 0 aromatic heterocycles. The molecule has 1 rings (SSSR count). The predicted molar refractivity (Wildman–Crippen MR) is 62.2 cm³/mol. The molecule has 0 saturated heterocycles. The normalized spacial score (nSPS) is 10.4. The molecule has 96 valence electrons. The number of hydrogen-bond donors (Lipinski definition) is 2. The molecule has 0 aliphatic carbocycles. The van der Waals surface area contributed by atoms with Gasteiger partial charge in [-0.2, -0.15) is 0 Å². The molecule has 5 heteroatoms. The van der Waals surface area contributed by atoms with Crippen molar-refractivity contribution < 1.29 is 24.4 Å². The highest BCUT2D eigenvalue weighted by molar-refractivity contribution is 5.47. The van der Waals surface area contributed by atoms with Crippen molar-refractivity contribution in [3.63, 3.8) is 0 Å². The lowest BCUT2D eigenvalue weighted by Crippen LogP contribution is -2.06. The molecule has 0 aliphatic rings. The first-order valence-corrected chi connectivity index (χ1v) is 5.30. The van der Waals surface area contributed by atoms with Crippen molar-refractivity contribution in [1.29, 1.82) is 0 Å². The third kappa shape index (κ3) is 3.59. The van der Waals surface area contributed by atoms with Crippen molar-refractivity contribution >= 4 is 0 Å². The van der Waals surface area contributed by atoms with E-state index in [-0.39, 0.29) is 13.2 Å². The molecule has 0 radical (unpaired) electrons. The summed E-state index contributed by atoms with van der Waals surface area (Å²) in [6.07, 6.45) is 0. The minimum Gasteiger partial charge on any atom is -0.493 e. The molecule has 0 spiro atoms. The van der Waals surface area contributed by atoms with Gasteiger partial charge in [-0.15, -0.1) is 0 Å². The largest absolute Gasteiger partial charge is 0.493 e. The summed E-state index contributed by atoms with van der Waals surface area (Å²) in [6, 6.07) is 3.33. The fourth-order valence-corrected chi connectivity index (χ4v) is 1.45. The van der Waals surface area contributed by atoms with E-state index in [1.54, 1.807) is 19.2 Å². The Morgan fingerprint density at radius 3 is 2.00 bits per heavy atom. The summed E-state index contributed by atoms with van der Waals surface area (Å²) in [5, 5.41) is 18.3. The van der Waals surface area contributed by atoms with Gasteiger partial charge in [0.05, 0.1) is 26.9 Å². The van der Waals surface area contributed by atoms with Gasteiger partial charge >= 0.3 is 0 Å². The van der Waals surface area contributed by atoms with Crippen LogP contribution in [0.25, 0.3) is 0 Å². The summed E-state index contributed by atoms with van der Waals surface area (Å²) < 4.78 is 15.5. The third-order valence-corrected chi connectivity index (χ3v) is 2.37. The number of ether oxygens (including phenoxy) is 3. The molecule has 0 heterocycles. The molecule has 0 unspecified atom stereocenters. The zero-order chi connectivity index (χ0) is 12.7. The molecule has 1 aromatic rings. The first-order valence-electron chi connectivity index (χ1n) is 5.30. The molecule has 0 atom stereocenters. The van der Waals surface area contributed by atoms with Gasteiger partial charge in [0.2, 0.25) is 0 Å². The van der Waals surface area contributed by atoms with Crippen molar-refractivity contribution in [3.8, 4) is 11.5 Å². The van der Waals surface area contributed by atoms with Gasteiger partial charge in [0.1, 0.15) is 6.61 Å². The first kappa shape index (κ1) is 13.8. The Balaban J connectivity index is 2.93. The van der Waals surface area contributed by atoms with Crippen LogP contribution < -0.4 is 9.47 Å². The van der Waals surface area contributed by atoms with E-state index < -0.39 is 0 Å². The van der Waals surface area contributed by atoms with Gasteiger partial charge in [-0.1, -0.05) is 0 Å².